The van der Waals surface area contributed by atoms with Gasteiger partial charge in [0.25, 0.3) is 5.69 Å². The van der Waals surface area contributed by atoms with Crippen molar-refractivity contribution >= 4 is 17.3 Å². The fraction of sp³-hybridized carbons (Fsp3) is 0.615. The van der Waals surface area contributed by atoms with E-state index in [4.69, 9.17) is 5.84 Å². The van der Waals surface area contributed by atoms with Crippen LogP contribution in [0.3, 0.4) is 0 Å². The van der Waals surface area contributed by atoms with Crippen LogP contribution in [0.1, 0.15) is 33.1 Å². The second kappa shape index (κ2) is 6.04. The van der Waals surface area contributed by atoms with Crippen LogP contribution >= 0.6 is 0 Å². The molecule has 1 aromatic heterocycles. The number of anilines is 2. The molecular formula is C13H21N5O2. The van der Waals surface area contributed by atoms with Crippen LogP contribution in [-0.4, -0.2) is 15.9 Å². The first-order chi connectivity index (χ1) is 9.51. The number of hydrogen-bond acceptors (Lipinski definition) is 6. The molecule has 0 aliphatic heterocycles. The molecule has 1 saturated carbocycles. The van der Waals surface area contributed by atoms with Crippen molar-refractivity contribution in [3.05, 3.63) is 22.2 Å². The van der Waals surface area contributed by atoms with Crippen LogP contribution in [-0.2, 0) is 0 Å². The van der Waals surface area contributed by atoms with Crippen molar-refractivity contribution in [2.45, 2.75) is 39.2 Å². The van der Waals surface area contributed by atoms with Crippen molar-refractivity contribution in [1.29, 1.82) is 0 Å². The second-order valence-corrected chi connectivity index (χ2v) is 5.52. The van der Waals surface area contributed by atoms with Gasteiger partial charge in [-0.3, -0.25) is 10.1 Å². The van der Waals surface area contributed by atoms with Crippen LogP contribution in [0.15, 0.2) is 12.1 Å². The van der Waals surface area contributed by atoms with Gasteiger partial charge in [-0.15, -0.1) is 0 Å². The Hall–Kier alpha value is -1.89. The fourth-order valence-electron chi connectivity index (χ4n) is 2.75. The van der Waals surface area contributed by atoms with Crippen molar-refractivity contribution in [3.63, 3.8) is 0 Å². The summed E-state index contributed by atoms with van der Waals surface area (Å²) in [4.78, 5) is 14.7. The predicted octanol–water partition coefficient (Wildman–Crippen LogP) is 2.51. The Labute approximate surface area is 118 Å². The standard InChI is InChI=1S/C13H21N5O2/c1-8-4-3-5-11(9(8)2)15-12-6-10(18(19)20)7-13(16-12)17-14/h6-9,11H,3-5,14H2,1-2H3,(H2,15,16,17). The molecule has 7 nitrogen and oxygen atoms in total. The lowest BCUT2D eigenvalue weighted by molar-refractivity contribution is -0.384. The maximum Gasteiger partial charge on any atom is 0.276 e. The minimum Gasteiger partial charge on any atom is -0.367 e. The topological polar surface area (TPSA) is 106 Å². The number of nitrogens with two attached hydrogens (primary N) is 1. The van der Waals surface area contributed by atoms with Gasteiger partial charge in [0.1, 0.15) is 11.6 Å². The average molecular weight is 279 g/mol. The van der Waals surface area contributed by atoms with Crippen molar-refractivity contribution in [1.82, 2.24) is 4.98 Å². The highest BCUT2D eigenvalue weighted by molar-refractivity contribution is 5.54. The Morgan fingerprint density at radius 3 is 2.70 bits per heavy atom. The average Bonchev–Trinajstić information content (AvgIpc) is 2.43. The van der Waals surface area contributed by atoms with Crippen LogP contribution in [0.25, 0.3) is 0 Å². The van der Waals surface area contributed by atoms with Gasteiger partial charge in [0.05, 0.1) is 17.1 Å². The smallest absolute Gasteiger partial charge is 0.276 e. The molecule has 0 radical (unpaired) electrons. The third kappa shape index (κ3) is 3.16. The largest absolute Gasteiger partial charge is 0.367 e. The molecule has 1 heterocycles. The van der Waals surface area contributed by atoms with E-state index >= 15 is 0 Å². The zero-order chi connectivity index (χ0) is 14.7. The van der Waals surface area contributed by atoms with Gasteiger partial charge in [-0.1, -0.05) is 26.7 Å². The third-order valence-electron chi connectivity index (χ3n) is 4.21. The highest BCUT2D eigenvalue weighted by Crippen LogP contribution is 2.32. The molecule has 0 saturated heterocycles. The molecule has 0 amide bonds. The SMILES string of the molecule is CC1CCCC(Nc2cc([N+](=O)[O-])cc(NN)n2)C1C. The Balaban J connectivity index is 2.19. The first kappa shape index (κ1) is 14.5. The molecule has 4 N–H and O–H groups in total. The van der Waals surface area contributed by atoms with Gasteiger partial charge in [0.15, 0.2) is 0 Å². The normalized spacial score (nSPS) is 26.1. The van der Waals surface area contributed by atoms with Crippen LogP contribution in [0.4, 0.5) is 17.3 Å². The molecular weight excluding hydrogens is 258 g/mol. The zero-order valence-electron chi connectivity index (χ0n) is 11.8. The summed E-state index contributed by atoms with van der Waals surface area (Å²) in [5.74, 6) is 7.25. The first-order valence-electron chi connectivity index (χ1n) is 6.91. The quantitative estimate of drug-likeness (QED) is 0.444. The minimum atomic E-state index is -0.444. The molecule has 0 spiro atoms. The summed E-state index contributed by atoms with van der Waals surface area (Å²) >= 11 is 0. The van der Waals surface area contributed by atoms with Crippen LogP contribution in [0.2, 0.25) is 0 Å². The Morgan fingerprint density at radius 1 is 1.35 bits per heavy atom. The van der Waals surface area contributed by atoms with Gasteiger partial charge in [-0.25, -0.2) is 10.8 Å². The summed E-state index contributed by atoms with van der Waals surface area (Å²) < 4.78 is 0. The highest BCUT2D eigenvalue weighted by atomic mass is 16.6. The zero-order valence-corrected chi connectivity index (χ0v) is 11.8. The number of nitrogens with zero attached hydrogens (tertiary/aromatic N) is 2. The molecule has 1 aliphatic rings. The number of rotatable bonds is 4. The fourth-order valence-corrected chi connectivity index (χ4v) is 2.75. The minimum absolute atomic E-state index is 0.0213. The maximum atomic E-state index is 10.9. The van der Waals surface area contributed by atoms with Crippen molar-refractivity contribution < 1.29 is 4.92 Å². The van der Waals surface area contributed by atoms with Crippen molar-refractivity contribution in [3.8, 4) is 0 Å². The van der Waals surface area contributed by atoms with E-state index in [0.717, 1.165) is 6.42 Å². The highest BCUT2D eigenvalue weighted by Gasteiger charge is 2.27. The van der Waals surface area contributed by atoms with Gasteiger partial charge in [-0.2, -0.15) is 0 Å². The molecule has 0 aromatic carbocycles. The van der Waals surface area contributed by atoms with E-state index < -0.39 is 4.92 Å². The van der Waals surface area contributed by atoms with E-state index in [-0.39, 0.29) is 5.69 Å². The van der Waals surface area contributed by atoms with Crippen LogP contribution in [0, 0.1) is 22.0 Å². The van der Waals surface area contributed by atoms with Gasteiger partial charge in [-0.05, 0) is 18.3 Å². The number of nitrogens with one attached hydrogen (secondary N) is 2. The number of hydrazine groups is 1. The Morgan fingerprint density at radius 2 is 2.05 bits per heavy atom. The van der Waals surface area contributed by atoms with Crippen LogP contribution in [0.5, 0.6) is 0 Å². The summed E-state index contributed by atoms with van der Waals surface area (Å²) in [6.45, 7) is 4.45. The lowest BCUT2D eigenvalue weighted by atomic mass is 9.78. The number of hydrogen-bond donors (Lipinski definition) is 3. The summed E-state index contributed by atoms with van der Waals surface area (Å²) in [7, 11) is 0. The number of nitro groups is 1. The summed E-state index contributed by atoms with van der Waals surface area (Å²) in [6, 6.07) is 3.06. The van der Waals surface area contributed by atoms with E-state index in [2.05, 4.69) is 29.6 Å². The van der Waals surface area contributed by atoms with Gasteiger partial charge >= 0.3 is 0 Å². The van der Waals surface area contributed by atoms with Crippen LogP contribution < -0.4 is 16.6 Å². The maximum absolute atomic E-state index is 10.9. The molecule has 0 bridgehead atoms. The van der Waals surface area contributed by atoms with E-state index in [1.165, 1.54) is 25.0 Å². The van der Waals surface area contributed by atoms with E-state index in [1.54, 1.807) is 0 Å². The molecule has 3 unspecified atom stereocenters. The number of nitrogen functional groups attached to an aromatic ring is 1. The molecule has 1 fully saturated rings. The molecule has 1 aromatic rings. The number of aromatic nitrogens is 1. The van der Waals surface area contributed by atoms with Gasteiger partial charge in [0.2, 0.25) is 0 Å². The van der Waals surface area contributed by atoms with E-state index in [0.29, 0.717) is 29.5 Å². The molecule has 20 heavy (non-hydrogen) atoms. The number of pyridine rings is 1. The molecule has 1 aliphatic carbocycles. The monoisotopic (exact) mass is 279 g/mol. The van der Waals surface area contributed by atoms with E-state index in [9.17, 15) is 10.1 Å². The first-order valence-corrected chi connectivity index (χ1v) is 6.91. The predicted molar refractivity (Wildman–Crippen MR) is 78.3 cm³/mol. The lowest BCUT2D eigenvalue weighted by Crippen LogP contribution is -2.35. The van der Waals surface area contributed by atoms with Gasteiger partial charge in [0, 0.05) is 6.04 Å². The molecule has 7 heteroatoms. The summed E-state index contributed by atoms with van der Waals surface area (Å²) in [5, 5.41) is 14.2. The summed E-state index contributed by atoms with van der Waals surface area (Å²) in [6.07, 6.45) is 3.46. The summed E-state index contributed by atoms with van der Waals surface area (Å²) in [5.41, 5.74) is 2.34. The third-order valence-corrected chi connectivity index (χ3v) is 4.21. The Kier molecular flexibility index (Phi) is 4.39. The van der Waals surface area contributed by atoms with Crippen molar-refractivity contribution in [2.75, 3.05) is 10.7 Å². The Bertz CT molecular complexity index is 494. The van der Waals surface area contributed by atoms with Crippen molar-refractivity contribution in [2.24, 2.45) is 17.7 Å². The second-order valence-electron chi connectivity index (χ2n) is 5.52. The molecule has 3 atom stereocenters. The van der Waals surface area contributed by atoms with E-state index in [1.807, 2.05) is 0 Å². The molecule has 110 valence electrons. The molecule has 2 rings (SSSR count). The lowest BCUT2D eigenvalue weighted by Gasteiger charge is -2.34. The van der Waals surface area contributed by atoms with Gasteiger partial charge < -0.3 is 10.7 Å².